The third-order valence-corrected chi connectivity index (χ3v) is 4.15. The van der Waals surface area contributed by atoms with Crippen LogP contribution in [0.2, 0.25) is 0 Å². The fraction of sp³-hybridized carbons (Fsp3) is 0.278. The van der Waals surface area contributed by atoms with Crippen molar-refractivity contribution in [2.75, 3.05) is 5.32 Å². The van der Waals surface area contributed by atoms with Gasteiger partial charge in [-0.05, 0) is 49.9 Å². The molecule has 0 aliphatic heterocycles. The van der Waals surface area contributed by atoms with Crippen LogP contribution in [-0.2, 0) is 14.3 Å². The van der Waals surface area contributed by atoms with Crippen molar-refractivity contribution in [1.29, 1.82) is 5.26 Å². The monoisotopic (exact) mass is 358 g/mol. The van der Waals surface area contributed by atoms with Gasteiger partial charge in [0.15, 0.2) is 12.2 Å². The normalized spacial score (nSPS) is 12.6. The number of esters is 1. The topological polar surface area (TPSA) is 88.4 Å². The van der Waals surface area contributed by atoms with Gasteiger partial charge in [0, 0.05) is 0 Å². The number of anilines is 1. The number of ether oxygens (including phenoxy) is 2. The largest absolute Gasteiger partial charge is 0.479 e. The molecule has 0 spiro atoms. The van der Waals surface area contributed by atoms with Crippen molar-refractivity contribution in [2.24, 2.45) is 0 Å². The molecule has 25 heavy (non-hydrogen) atoms. The number of carbonyl (C=O) groups excluding carboxylic acids is 2. The summed E-state index contributed by atoms with van der Waals surface area (Å²) in [6.07, 6.45) is -1.86. The zero-order chi connectivity index (χ0) is 18.4. The smallest absolute Gasteiger partial charge is 0.347 e. The molecular weight excluding hydrogens is 340 g/mol. The lowest BCUT2D eigenvalue weighted by Crippen LogP contribution is -2.35. The molecule has 6 nitrogen and oxygen atoms in total. The molecule has 0 aliphatic rings. The first-order valence-electron chi connectivity index (χ1n) is 7.63. The lowest BCUT2D eigenvalue weighted by atomic mass is 10.2. The van der Waals surface area contributed by atoms with Crippen molar-refractivity contribution in [1.82, 2.24) is 0 Å². The van der Waals surface area contributed by atoms with Crippen LogP contribution in [0.25, 0.3) is 0 Å². The summed E-state index contributed by atoms with van der Waals surface area (Å²) in [4.78, 5) is 24.2. The molecule has 2 aromatic rings. The first-order chi connectivity index (χ1) is 11.9. The van der Waals surface area contributed by atoms with E-state index in [9.17, 15) is 9.59 Å². The van der Waals surface area contributed by atoms with Gasteiger partial charge in [0.05, 0.1) is 5.56 Å². The van der Waals surface area contributed by atoms with Crippen molar-refractivity contribution in [2.45, 2.75) is 33.0 Å². The molecule has 0 aliphatic carbocycles. The molecule has 1 amide bonds. The molecular formula is C18H18N2O4S. The van der Waals surface area contributed by atoms with E-state index in [2.05, 4.69) is 5.32 Å². The third kappa shape index (κ3) is 5.06. The van der Waals surface area contributed by atoms with Gasteiger partial charge in [0.2, 0.25) is 0 Å². The van der Waals surface area contributed by atoms with Gasteiger partial charge in [-0.1, -0.05) is 12.1 Å². The lowest BCUT2D eigenvalue weighted by Gasteiger charge is -2.17. The van der Waals surface area contributed by atoms with Crippen LogP contribution >= 0.6 is 11.3 Å². The van der Waals surface area contributed by atoms with E-state index in [0.29, 0.717) is 16.3 Å². The Labute approximate surface area is 150 Å². The summed E-state index contributed by atoms with van der Waals surface area (Å²) in [5.41, 5.74) is 1.38. The van der Waals surface area contributed by atoms with Crippen LogP contribution < -0.4 is 10.1 Å². The summed E-state index contributed by atoms with van der Waals surface area (Å²) in [6, 6.07) is 10.9. The Bertz CT molecular complexity index is 809. The Kier molecular flexibility index (Phi) is 6.14. The molecule has 0 saturated heterocycles. The lowest BCUT2D eigenvalue weighted by molar-refractivity contribution is -0.159. The van der Waals surface area contributed by atoms with Gasteiger partial charge >= 0.3 is 5.97 Å². The number of carbonyl (C=O) groups is 2. The first-order valence-corrected chi connectivity index (χ1v) is 8.51. The van der Waals surface area contributed by atoms with Crippen LogP contribution in [0.5, 0.6) is 5.75 Å². The van der Waals surface area contributed by atoms with Crippen molar-refractivity contribution in [3.05, 3.63) is 46.8 Å². The highest BCUT2D eigenvalue weighted by Gasteiger charge is 2.24. The van der Waals surface area contributed by atoms with Crippen LogP contribution in [0.1, 0.15) is 25.0 Å². The Balaban J connectivity index is 1.90. The first kappa shape index (κ1) is 18.5. The zero-order valence-electron chi connectivity index (χ0n) is 14.1. The molecule has 0 bridgehead atoms. The van der Waals surface area contributed by atoms with E-state index in [1.807, 2.05) is 25.1 Å². The number of thiophene rings is 1. The van der Waals surface area contributed by atoms with Crippen molar-refractivity contribution < 1.29 is 19.1 Å². The minimum Gasteiger partial charge on any atom is -0.479 e. The molecule has 0 radical (unpaired) electrons. The van der Waals surface area contributed by atoms with Crippen LogP contribution in [0.3, 0.4) is 0 Å². The predicted molar refractivity (Wildman–Crippen MR) is 94.5 cm³/mol. The van der Waals surface area contributed by atoms with Gasteiger partial charge in [-0.15, -0.1) is 11.3 Å². The van der Waals surface area contributed by atoms with Crippen molar-refractivity contribution in [3.63, 3.8) is 0 Å². The van der Waals surface area contributed by atoms with Crippen LogP contribution in [0, 0.1) is 18.3 Å². The Hall–Kier alpha value is -2.85. The molecule has 7 heteroatoms. The standard InChI is InChI=1S/C18H18N2O4S/c1-11-5-4-6-15(9-11)23-13(3)18(22)24-12(2)16(21)20-17-14(10-19)7-8-25-17/h4-9,12-13H,1-3H3,(H,20,21)/t12-,13-/m0/s1. The van der Waals surface area contributed by atoms with Crippen LogP contribution in [0.15, 0.2) is 35.7 Å². The van der Waals surface area contributed by atoms with Crippen molar-refractivity contribution >= 4 is 28.2 Å². The maximum Gasteiger partial charge on any atom is 0.347 e. The minimum atomic E-state index is -1.01. The van der Waals surface area contributed by atoms with E-state index >= 15 is 0 Å². The van der Waals surface area contributed by atoms with Crippen molar-refractivity contribution in [3.8, 4) is 11.8 Å². The molecule has 1 heterocycles. The SMILES string of the molecule is Cc1cccc(O[C@@H](C)C(=O)O[C@@H](C)C(=O)Nc2sccc2C#N)c1. The Morgan fingerprint density at radius 2 is 2.00 bits per heavy atom. The quantitative estimate of drug-likeness (QED) is 0.801. The maximum atomic E-state index is 12.1. The molecule has 1 N–H and O–H groups in total. The van der Waals surface area contributed by atoms with Gasteiger partial charge in [-0.25, -0.2) is 4.79 Å². The molecule has 130 valence electrons. The summed E-state index contributed by atoms with van der Waals surface area (Å²) in [7, 11) is 0. The number of nitrogens with zero attached hydrogens (tertiary/aromatic N) is 1. The van der Waals surface area contributed by atoms with Crippen LogP contribution in [-0.4, -0.2) is 24.1 Å². The number of amides is 1. The van der Waals surface area contributed by atoms with E-state index in [4.69, 9.17) is 14.7 Å². The predicted octanol–water partition coefficient (Wildman–Crippen LogP) is 3.27. The van der Waals surface area contributed by atoms with E-state index < -0.39 is 24.1 Å². The second-order valence-electron chi connectivity index (χ2n) is 5.42. The van der Waals surface area contributed by atoms with Gasteiger partial charge < -0.3 is 14.8 Å². The number of hydrogen-bond acceptors (Lipinski definition) is 6. The average Bonchev–Trinajstić information content (AvgIpc) is 3.01. The molecule has 2 atom stereocenters. The second-order valence-corrected chi connectivity index (χ2v) is 6.34. The number of rotatable bonds is 6. The number of aryl methyl sites for hydroxylation is 1. The highest BCUT2D eigenvalue weighted by Crippen LogP contribution is 2.22. The molecule has 0 fully saturated rings. The van der Waals surface area contributed by atoms with E-state index in [0.717, 1.165) is 5.56 Å². The summed E-state index contributed by atoms with van der Waals surface area (Å²) in [5.74, 6) is -0.593. The molecule has 1 aromatic heterocycles. The maximum absolute atomic E-state index is 12.1. The van der Waals surface area contributed by atoms with Gasteiger partial charge in [-0.3, -0.25) is 4.79 Å². The number of hydrogen-bond donors (Lipinski definition) is 1. The summed E-state index contributed by atoms with van der Waals surface area (Å²) in [6.45, 7) is 4.94. The Morgan fingerprint density at radius 3 is 2.68 bits per heavy atom. The van der Waals surface area contributed by atoms with E-state index in [1.165, 1.54) is 18.3 Å². The van der Waals surface area contributed by atoms with E-state index in [1.54, 1.807) is 30.5 Å². The van der Waals surface area contributed by atoms with E-state index in [-0.39, 0.29) is 0 Å². The highest BCUT2D eigenvalue weighted by atomic mass is 32.1. The Morgan fingerprint density at radius 1 is 1.24 bits per heavy atom. The summed E-state index contributed by atoms with van der Waals surface area (Å²) >= 11 is 1.23. The third-order valence-electron chi connectivity index (χ3n) is 3.32. The van der Waals surface area contributed by atoms with Crippen LogP contribution in [0.4, 0.5) is 5.00 Å². The number of benzene rings is 1. The summed E-state index contributed by atoms with van der Waals surface area (Å²) < 4.78 is 10.7. The number of nitriles is 1. The van der Waals surface area contributed by atoms with Gasteiger partial charge in [-0.2, -0.15) is 5.26 Å². The molecule has 1 aromatic carbocycles. The second kappa shape index (κ2) is 8.31. The average molecular weight is 358 g/mol. The minimum absolute atomic E-state index is 0.369. The van der Waals surface area contributed by atoms with Gasteiger partial charge in [0.25, 0.3) is 5.91 Å². The van der Waals surface area contributed by atoms with Gasteiger partial charge in [0.1, 0.15) is 16.8 Å². The molecule has 0 saturated carbocycles. The molecule has 2 rings (SSSR count). The fourth-order valence-electron chi connectivity index (χ4n) is 1.97. The number of nitrogens with one attached hydrogen (secondary N) is 1. The molecule has 0 unspecified atom stereocenters. The summed E-state index contributed by atoms with van der Waals surface area (Å²) in [5, 5.41) is 13.6. The zero-order valence-corrected chi connectivity index (χ0v) is 14.9. The highest BCUT2D eigenvalue weighted by molar-refractivity contribution is 7.14. The fourth-order valence-corrected chi connectivity index (χ4v) is 2.71.